The number of aromatic carboxylic acids is 1. The van der Waals surface area contributed by atoms with Crippen LogP contribution in [0.1, 0.15) is 53.6 Å². The molecule has 0 atom stereocenters. The fourth-order valence-corrected chi connectivity index (χ4v) is 7.16. The summed E-state index contributed by atoms with van der Waals surface area (Å²) < 4.78 is 82.6. The molecule has 1 amide bonds. The van der Waals surface area contributed by atoms with E-state index < -0.39 is 39.4 Å². The summed E-state index contributed by atoms with van der Waals surface area (Å²) in [6.45, 7) is 7.31. The maximum Gasteiger partial charge on any atom is 0.416 e. The second-order valence-electron chi connectivity index (χ2n) is 12.9. The predicted molar refractivity (Wildman–Crippen MR) is 177 cm³/mol. The number of carboxylic acids is 1. The highest BCUT2D eigenvalue weighted by atomic mass is 32.2. The monoisotopic (exact) mass is 701 g/mol. The van der Waals surface area contributed by atoms with Gasteiger partial charge in [0.25, 0.3) is 0 Å². The summed E-state index contributed by atoms with van der Waals surface area (Å²) in [6, 6.07) is 16.5. The third kappa shape index (κ3) is 8.19. The van der Waals surface area contributed by atoms with Crippen molar-refractivity contribution in [3.05, 3.63) is 94.7 Å². The molecule has 0 bridgehead atoms. The number of aryl methyl sites for hydroxylation is 1. The molecule has 1 aliphatic rings. The number of carbonyl (C=O) groups excluding carboxylic acids is 1. The smallest absolute Gasteiger partial charge is 0.416 e. The third-order valence-corrected chi connectivity index (χ3v) is 10.1. The summed E-state index contributed by atoms with van der Waals surface area (Å²) >= 11 is 0. The zero-order valence-corrected chi connectivity index (χ0v) is 28.4. The molecule has 14 heteroatoms. The molecule has 0 aliphatic carbocycles. The van der Waals surface area contributed by atoms with Gasteiger partial charge in [0.15, 0.2) is 0 Å². The molecular formula is C35H38F3N3O7S. The van der Waals surface area contributed by atoms with Crippen LogP contribution in [0, 0.1) is 6.92 Å². The van der Waals surface area contributed by atoms with Gasteiger partial charge >= 0.3 is 18.2 Å². The summed E-state index contributed by atoms with van der Waals surface area (Å²) in [5.74, 6) is -1.59. The van der Waals surface area contributed by atoms with Crippen molar-refractivity contribution in [2.24, 2.45) is 0 Å². The van der Waals surface area contributed by atoms with Gasteiger partial charge in [0.05, 0.1) is 10.5 Å². The van der Waals surface area contributed by atoms with E-state index in [9.17, 15) is 36.3 Å². The maximum absolute atomic E-state index is 14.3. The molecule has 5 rings (SSSR count). The average Bonchev–Trinajstić information content (AvgIpc) is 3.38. The molecule has 0 spiro atoms. The molecule has 4 aromatic rings. The number of alkyl halides is 3. The number of sulfonamides is 1. The van der Waals surface area contributed by atoms with E-state index in [-0.39, 0.29) is 66.8 Å². The first-order valence-corrected chi connectivity index (χ1v) is 17.1. The number of halogens is 3. The van der Waals surface area contributed by atoms with Gasteiger partial charge < -0.3 is 24.1 Å². The van der Waals surface area contributed by atoms with Crippen LogP contribution in [0.3, 0.4) is 0 Å². The van der Waals surface area contributed by atoms with Crippen LogP contribution in [0.5, 0.6) is 0 Å². The van der Waals surface area contributed by atoms with E-state index in [4.69, 9.17) is 9.15 Å². The lowest BCUT2D eigenvalue weighted by Gasteiger charge is -2.38. The Hall–Kier alpha value is -4.56. The van der Waals surface area contributed by atoms with Crippen LogP contribution < -0.4 is 4.90 Å². The van der Waals surface area contributed by atoms with Crippen molar-refractivity contribution < 1.29 is 45.4 Å². The lowest BCUT2D eigenvalue weighted by Crippen LogP contribution is -2.50. The van der Waals surface area contributed by atoms with Crippen molar-refractivity contribution in [2.45, 2.75) is 57.3 Å². The number of nitrogens with zero attached hydrogens (tertiary/aromatic N) is 3. The second-order valence-corrected chi connectivity index (χ2v) is 14.8. The fraction of sp³-hybridized carbons (Fsp3) is 0.371. The van der Waals surface area contributed by atoms with Crippen LogP contribution in [0.15, 0.2) is 76.0 Å². The number of fused-ring (bicyclic) bond motifs is 1. The SMILES string of the molecule is Cc1c(C(=O)O)oc2ccc(S(=O)(=O)N(CCc3ccccc3)Cc3ccc(C(F)(F)F)cc3N3CCN(C(=O)OC(C)(C)C)CC3)cc12. The Labute approximate surface area is 282 Å². The molecule has 1 N–H and O–H groups in total. The molecule has 0 saturated carbocycles. The standard InChI is InChI=1S/C35H38F3N3O7S/c1-23-28-21-27(12-13-30(28)47-31(23)32(42)43)49(45,46)41(15-14-24-8-6-5-7-9-24)22-25-10-11-26(35(36,37)38)20-29(25)39-16-18-40(19-17-39)33(44)48-34(2,3)4/h5-13,20-21H,14-19,22H2,1-4H3,(H,42,43). The summed E-state index contributed by atoms with van der Waals surface area (Å²) in [4.78, 5) is 27.4. The first-order valence-electron chi connectivity index (χ1n) is 15.7. The molecular weight excluding hydrogens is 663 g/mol. The minimum absolute atomic E-state index is 0.00200. The molecule has 1 aromatic heterocycles. The zero-order chi connectivity index (χ0) is 35.7. The van der Waals surface area contributed by atoms with E-state index in [2.05, 4.69) is 0 Å². The first kappa shape index (κ1) is 35.7. The summed E-state index contributed by atoms with van der Waals surface area (Å²) in [5, 5.41) is 9.81. The van der Waals surface area contributed by atoms with Gasteiger partial charge in [0.2, 0.25) is 15.8 Å². The van der Waals surface area contributed by atoms with E-state index >= 15 is 0 Å². The van der Waals surface area contributed by atoms with E-state index in [1.54, 1.807) is 25.7 Å². The van der Waals surface area contributed by atoms with Crippen molar-refractivity contribution in [3.8, 4) is 0 Å². The predicted octanol–water partition coefficient (Wildman–Crippen LogP) is 6.95. The molecule has 1 fully saturated rings. The number of carbonyl (C=O) groups is 2. The minimum atomic E-state index is -4.64. The van der Waals surface area contributed by atoms with E-state index in [1.165, 1.54) is 40.4 Å². The Morgan fingerprint density at radius 1 is 0.959 bits per heavy atom. The van der Waals surface area contributed by atoms with Gasteiger partial charge in [-0.25, -0.2) is 18.0 Å². The number of ether oxygens (including phenoxy) is 1. The zero-order valence-electron chi connectivity index (χ0n) is 27.6. The molecule has 1 aliphatic heterocycles. The van der Waals surface area contributed by atoms with Crippen LogP contribution in [0.2, 0.25) is 0 Å². The van der Waals surface area contributed by atoms with Crippen LogP contribution >= 0.6 is 0 Å². The van der Waals surface area contributed by atoms with Crippen molar-refractivity contribution in [3.63, 3.8) is 0 Å². The molecule has 3 aromatic carbocycles. The lowest BCUT2D eigenvalue weighted by molar-refractivity contribution is -0.137. The summed E-state index contributed by atoms with van der Waals surface area (Å²) in [5.41, 5.74) is 0.313. The summed E-state index contributed by atoms with van der Waals surface area (Å²) in [6.07, 6.45) is -4.84. The Balaban J connectivity index is 1.51. The Morgan fingerprint density at radius 2 is 1.63 bits per heavy atom. The number of piperazine rings is 1. The first-order chi connectivity index (χ1) is 22.9. The van der Waals surface area contributed by atoms with Crippen molar-refractivity contribution in [1.82, 2.24) is 9.21 Å². The minimum Gasteiger partial charge on any atom is -0.475 e. The Kier molecular flexibility index (Phi) is 10.0. The molecule has 49 heavy (non-hydrogen) atoms. The van der Waals surface area contributed by atoms with Gasteiger partial charge in [-0.2, -0.15) is 17.5 Å². The van der Waals surface area contributed by atoms with E-state index in [0.29, 0.717) is 17.4 Å². The quantitative estimate of drug-likeness (QED) is 0.199. The van der Waals surface area contributed by atoms with Crippen LogP contribution in [0.4, 0.5) is 23.7 Å². The second kappa shape index (κ2) is 13.7. The molecule has 1 saturated heterocycles. The molecule has 262 valence electrons. The van der Waals surface area contributed by atoms with Gasteiger partial charge in [-0.15, -0.1) is 0 Å². The van der Waals surface area contributed by atoms with Crippen LogP contribution in [-0.4, -0.2) is 73.1 Å². The average molecular weight is 702 g/mol. The number of benzene rings is 3. The normalized spacial score (nSPS) is 14.4. The number of amides is 1. The van der Waals surface area contributed by atoms with E-state index in [0.717, 1.165) is 17.7 Å². The highest BCUT2D eigenvalue weighted by Gasteiger charge is 2.34. The topological polar surface area (TPSA) is 121 Å². The van der Waals surface area contributed by atoms with Crippen molar-refractivity contribution >= 4 is 38.7 Å². The van der Waals surface area contributed by atoms with Gasteiger partial charge in [-0.1, -0.05) is 36.4 Å². The molecule has 0 radical (unpaired) electrons. The maximum atomic E-state index is 14.3. The van der Waals surface area contributed by atoms with Crippen LogP contribution in [0.25, 0.3) is 11.0 Å². The van der Waals surface area contributed by atoms with Gasteiger partial charge in [0, 0.05) is 55.9 Å². The Bertz CT molecular complexity index is 1950. The third-order valence-electron chi connectivity index (χ3n) is 8.26. The molecule has 2 heterocycles. The van der Waals surface area contributed by atoms with Crippen molar-refractivity contribution in [1.29, 1.82) is 0 Å². The number of rotatable bonds is 9. The highest BCUT2D eigenvalue weighted by Crippen LogP contribution is 2.36. The summed E-state index contributed by atoms with van der Waals surface area (Å²) in [7, 11) is -4.28. The van der Waals surface area contributed by atoms with E-state index in [1.807, 2.05) is 30.3 Å². The number of carboxylic acid groups (broad SMARTS) is 1. The molecule has 0 unspecified atom stereocenters. The largest absolute Gasteiger partial charge is 0.475 e. The fourth-order valence-electron chi connectivity index (χ4n) is 5.71. The number of furan rings is 1. The highest BCUT2D eigenvalue weighted by molar-refractivity contribution is 7.89. The van der Waals surface area contributed by atoms with Crippen molar-refractivity contribution in [2.75, 3.05) is 37.6 Å². The van der Waals surface area contributed by atoms with Gasteiger partial charge in [-0.05, 0) is 75.6 Å². The van der Waals surface area contributed by atoms with Gasteiger partial charge in [0.1, 0.15) is 11.2 Å². The number of hydrogen-bond acceptors (Lipinski definition) is 7. The Morgan fingerprint density at radius 3 is 2.24 bits per heavy atom. The number of anilines is 1. The number of hydrogen-bond donors (Lipinski definition) is 1. The molecule has 10 nitrogen and oxygen atoms in total. The van der Waals surface area contributed by atoms with Crippen LogP contribution in [-0.2, 0) is 33.9 Å². The van der Waals surface area contributed by atoms with Gasteiger partial charge in [-0.3, -0.25) is 0 Å². The lowest BCUT2D eigenvalue weighted by atomic mass is 10.1.